The molecule has 106 valence electrons. The molecule has 0 heterocycles. The van der Waals surface area contributed by atoms with E-state index in [2.05, 4.69) is 10.5 Å². The van der Waals surface area contributed by atoms with E-state index in [1.165, 1.54) is 0 Å². The maximum atomic E-state index is 10.0. The van der Waals surface area contributed by atoms with Gasteiger partial charge in [0.2, 0.25) is 0 Å². The number of hydrogen-bond donors (Lipinski definition) is 4. The topological polar surface area (TPSA) is 90.9 Å². The van der Waals surface area contributed by atoms with Gasteiger partial charge in [0.1, 0.15) is 0 Å². The molecular weight excluding hydrogens is 242 g/mol. The van der Waals surface area contributed by atoms with Crippen molar-refractivity contribution in [3.63, 3.8) is 0 Å². The predicted octanol–water partition coefficient (Wildman–Crippen LogP) is 1.42. The first-order valence-corrected chi connectivity index (χ1v) is 6.21. The molecule has 1 aromatic carbocycles. The summed E-state index contributed by atoms with van der Waals surface area (Å²) in [6, 6.07) is 7.40. The van der Waals surface area contributed by atoms with Gasteiger partial charge in [0.05, 0.1) is 5.60 Å². The van der Waals surface area contributed by atoms with E-state index in [1.807, 2.05) is 26.0 Å². The van der Waals surface area contributed by atoms with Crippen LogP contribution in [0.25, 0.3) is 0 Å². The number of benzene rings is 1. The zero-order valence-corrected chi connectivity index (χ0v) is 11.9. The number of rotatable bonds is 5. The molecule has 19 heavy (non-hydrogen) atoms. The maximum absolute atomic E-state index is 10.0. The summed E-state index contributed by atoms with van der Waals surface area (Å²) in [5.41, 5.74) is 6.01. The van der Waals surface area contributed by atoms with Crippen molar-refractivity contribution in [1.82, 2.24) is 5.32 Å². The molecule has 0 aromatic heterocycles. The molecule has 5 N–H and O–H groups in total. The normalized spacial score (nSPS) is 13.6. The second kappa shape index (κ2) is 5.59. The Labute approximate surface area is 114 Å². The molecule has 0 aliphatic carbocycles. The highest BCUT2D eigenvalue weighted by Crippen LogP contribution is 2.21. The highest BCUT2D eigenvalue weighted by Gasteiger charge is 2.34. The van der Waals surface area contributed by atoms with Gasteiger partial charge in [-0.2, -0.15) is 0 Å². The van der Waals surface area contributed by atoms with E-state index < -0.39 is 11.1 Å². The fourth-order valence-corrected chi connectivity index (χ4v) is 1.39. The van der Waals surface area contributed by atoms with Gasteiger partial charge in [0, 0.05) is 17.6 Å². The number of oxime groups is 1. The van der Waals surface area contributed by atoms with Crippen LogP contribution in [0.3, 0.4) is 0 Å². The van der Waals surface area contributed by atoms with Gasteiger partial charge in [-0.3, -0.25) is 0 Å². The molecule has 1 rings (SSSR count). The van der Waals surface area contributed by atoms with Crippen LogP contribution in [0.4, 0.5) is 0 Å². The monoisotopic (exact) mass is 265 g/mol. The minimum Gasteiger partial charge on any atom is -0.409 e. The lowest BCUT2D eigenvalue weighted by Crippen LogP contribution is -2.55. The molecule has 0 amide bonds. The summed E-state index contributed by atoms with van der Waals surface area (Å²) in [4.78, 5) is 0. The predicted molar refractivity (Wildman–Crippen MR) is 76.2 cm³/mol. The van der Waals surface area contributed by atoms with Crippen molar-refractivity contribution >= 4 is 5.84 Å². The Morgan fingerprint density at radius 1 is 1.21 bits per heavy atom. The first-order chi connectivity index (χ1) is 8.67. The number of amidine groups is 1. The Morgan fingerprint density at radius 2 is 1.74 bits per heavy atom. The van der Waals surface area contributed by atoms with Crippen LogP contribution in [0.5, 0.6) is 0 Å². The molecule has 0 saturated carbocycles. The molecule has 0 aliphatic rings. The molecular formula is C14H23N3O2. The van der Waals surface area contributed by atoms with E-state index in [1.54, 1.807) is 26.0 Å². The van der Waals surface area contributed by atoms with Crippen molar-refractivity contribution in [1.29, 1.82) is 0 Å². The van der Waals surface area contributed by atoms with Crippen LogP contribution in [0.1, 0.15) is 38.8 Å². The summed E-state index contributed by atoms with van der Waals surface area (Å²) in [5, 5.41) is 24.9. The van der Waals surface area contributed by atoms with Crippen molar-refractivity contribution in [2.45, 2.75) is 45.4 Å². The summed E-state index contributed by atoms with van der Waals surface area (Å²) in [5.74, 6) is 0.0938. The molecule has 5 heteroatoms. The first-order valence-electron chi connectivity index (χ1n) is 6.21. The van der Waals surface area contributed by atoms with Gasteiger partial charge in [-0.05, 0) is 33.3 Å². The van der Waals surface area contributed by atoms with Crippen LogP contribution >= 0.6 is 0 Å². The van der Waals surface area contributed by atoms with Crippen molar-refractivity contribution in [3.8, 4) is 0 Å². The average molecular weight is 265 g/mol. The van der Waals surface area contributed by atoms with Gasteiger partial charge in [0.25, 0.3) is 0 Å². The Kier molecular flexibility index (Phi) is 4.55. The minimum atomic E-state index is -0.819. The van der Waals surface area contributed by atoms with Crippen LogP contribution in [-0.4, -0.2) is 27.3 Å². The highest BCUT2D eigenvalue weighted by molar-refractivity contribution is 5.96. The Balaban J connectivity index is 2.70. The van der Waals surface area contributed by atoms with Gasteiger partial charge in [0.15, 0.2) is 5.84 Å². The fraction of sp³-hybridized carbons (Fsp3) is 0.500. The molecule has 1 aromatic rings. The molecule has 0 unspecified atom stereocenters. The third kappa shape index (κ3) is 3.94. The summed E-state index contributed by atoms with van der Waals surface area (Å²) in [7, 11) is 0. The maximum Gasteiger partial charge on any atom is 0.170 e. The van der Waals surface area contributed by atoms with E-state index in [9.17, 15) is 5.11 Å². The number of nitrogens with zero attached hydrogens (tertiary/aromatic N) is 1. The third-order valence-corrected chi connectivity index (χ3v) is 3.62. The number of aliphatic hydroxyl groups is 1. The Hall–Kier alpha value is -1.59. The lowest BCUT2D eigenvalue weighted by molar-refractivity contribution is -0.00531. The summed E-state index contributed by atoms with van der Waals surface area (Å²) >= 11 is 0. The summed E-state index contributed by atoms with van der Waals surface area (Å²) in [6.07, 6.45) is 0. The summed E-state index contributed by atoms with van der Waals surface area (Å²) in [6.45, 7) is 8.10. The minimum absolute atomic E-state index is 0.0938. The zero-order chi connectivity index (χ0) is 14.7. The Morgan fingerprint density at radius 3 is 2.16 bits per heavy atom. The van der Waals surface area contributed by atoms with Crippen molar-refractivity contribution in [2.75, 3.05) is 0 Å². The number of nitrogens with one attached hydrogen (secondary N) is 1. The van der Waals surface area contributed by atoms with E-state index in [0.717, 1.165) is 5.56 Å². The quantitative estimate of drug-likeness (QED) is 0.280. The Bertz CT molecular complexity index is 445. The van der Waals surface area contributed by atoms with Crippen LogP contribution in [0.15, 0.2) is 29.4 Å². The zero-order valence-electron chi connectivity index (χ0n) is 11.9. The molecule has 0 aliphatic heterocycles. The van der Waals surface area contributed by atoms with Crippen LogP contribution in [-0.2, 0) is 6.54 Å². The van der Waals surface area contributed by atoms with Crippen LogP contribution in [0, 0.1) is 0 Å². The van der Waals surface area contributed by atoms with Gasteiger partial charge < -0.3 is 21.4 Å². The molecule has 0 atom stereocenters. The molecule has 5 nitrogen and oxygen atoms in total. The fourth-order valence-electron chi connectivity index (χ4n) is 1.39. The standard InChI is InChI=1S/C14H23N3O2/c1-13(2,14(3,4)18)16-9-10-5-7-11(8-6-10)12(15)17-19/h5-8,16,18-19H,9H2,1-4H3,(H2,15,17). The lowest BCUT2D eigenvalue weighted by atomic mass is 9.86. The van der Waals surface area contributed by atoms with Crippen molar-refractivity contribution in [3.05, 3.63) is 35.4 Å². The SMILES string of the molecule is CC(C)(O)C(C)(C)NCc1ccc(/C(N)=N/O)cc1. The number of hydrogen-bond acceptors (Lipinski definition) is 4. The smallest absolute Gasteiger partial charge is 0.170 e. The van der Waals surface area contributed by atoms with E-state index in [-0.39, 0.29) is 5.84 Å². The van der Waals surface area contributed by atoms with Crippen LogP contribution < -0.4 is 11.1 Å². The average Bonchev–Trinajstić information content (AvgIpc) is 2.35. The first kappa shape index (κ1) is 15.5. The van der Waals surface area contributed by atoms with Gasteiger partial charge in [-0.15, -0.1) is 0 Å². The summed E-state index contributed by atoms with van der Waals surface area (Å²) < 4.78 is 0. The van der Waals surface area contributed by atoms with Crippen molar-refractivity contribution in [2.24, 2.45) is 10.9 Å². The second-order valence-corrected chi connectivity index (χ2v) is 5.72. The second-order valence-electron chi connectivity index (χ2n) is 5.72. The van der Waals surface area contributed by atoms with Gasteiger partial charge in [-0.25, -0.2) is 0 Å². The molecule has 0 saturated heterocycles. The van der Waals surface area contributed by atoms with E-state index >= 15 is 0 Å². The van der Waals surface area contributed by atoms with Crippen LogP contribution in [0.2, 0.25) is 0 Å². The lowest BCUT2D eigenvalue weighted by Gasteiger charge is -2.38. The van der Waals surface area contributed by atoms with E-state index in [4.69, 9.17) is 10.9 Å². The highest BCUT2D eigenvalue weighted by atomic mass is 16.4. The largest absolute Gasteiger partial charge is 0.409 e. The number of nitrogens with two attached hydrogens (primary N) is 1. The molecule has 0 spiro atoms. The third-order valence-electron chi connectivity index (χ3n) is 3.62. The molecule has 0 radical (unpaired) electrons. The molecule has 0 bridgehead atoms. The van der Waals surface area contributed by atoms with Gasteiger partial charge >= 0.3 is 0 Å². The van der Waals surface area contributed by atoms with Gasteiger partial charge in [-0.1, -0.05) is 29.4 Å². The van der Waals surface area contributed by atoms with Crippen molar-refractivity contribution < 1.29 is 10.3 Å². The molecule has 0 fully saturated rings. The van der Waals surface area contributed by atoms with E-state index in [0.29, 0.717) is 12.1 Å².